The van der Waals surface area contributed by atoms with E-state index in [0.717, 1.165) is 48.6 Å². The van der Waals surface area contributed by atoms with Crippen LogP contribution in [0.4, 0.5) is 8.78 Å². The van der Waals surface area contributed by atoms with E-state index >= 15 is 0 Å². The molecule has 0 spiro atoms. The van der Waals surface area contributed by atoms with E-state index in [4.69, 9.17) is 0 Å². The SMILES string of the molecule is C/C=C/CCc1ccc(-c2ccc3cc(CCCCC)c(F)c(F)c3c2)cc1. The van der Waals surface area contributed by atoms with Crippen molar-refractivity contribution in [3.63, 3.8) is 0 Å². The molecule has 3 aromatic rings. The van der Waals surface area contributed by atoms with Gasteiger partial charge in [0.15, 0.2) is 11.6 Å². The monoisotopic (exact) mass is 378 g/mol. The number of fused-ring (bicyclic) bond motifs is 1. The smallest absolute Gasteiger partial charge is 0.166 e. The minimum absolute atomic E-state index is 0.353. The summed E-state index contributed by atoms with van der Waals surface area (Å²) in [6.45, 7) is 4.13. The van der Waals surface area contributed by atoms with E-state index in [1.807, 2.05) is 19.1 Å². The maximum absolute atomic E-state index is 14.7. The molecule has 0 heterocycles. The van der Waals surface area contributed by atoms with Crippen LogP contribution in [-0.2, 0) is 12.8 Å². The molecule has 0 atom stereocenters. The van der Waals surface area contributed by atoms with Crippen molar-refractivity contribution in [2.24, 2.45) is 0 Å². The van der Waals surface area contributed by atoms with Crippen LogP contribution in [-0.4, -0.2) is 0 Å². The first-order valence-electron chi connectivity index (χ1n) is 10.2. The minimum Gasteiger partial charge on any atom is -0.203 e. The summed E-state index contributed by atoms with van der Waals surface area (Å²) in [5.74, 6) is -1.42. The molecule has 3 rings (SSSR count). The number of unbranched alkanes of at least 4 members (excludes halogenated alkanes) is 2. The number of aryl methyl sites for hydroxylation is 2. The predicted octanol–water partition coefficient (Wildman–Crippen LogP) is 8.03. The lowest BCUT2D eigenvalue weighted by molar-refractivity contribution is 0.504. The van der Waals surface area contributed by atoms with Gasteiger partial charge in [-0.25, -0.2) is 8.78 Å². The topological polar surface area (TPSA) is 0 Å². The molecule has 0 fully saturated rings. The average molecular weight is 379 g/mol. The number of benzene rings is 3. The Kier molecular flexibility index (Phi) is 6.97. The van der Waals surface area contributed by atoms with Gasteiger partial charge in [-0.05, 0) is 72.4 Å². The Balaban J connectivity index is 1.87. The van der Waals surface area contributed by atoms with Gasteiger partial charge in [0.25, 0.3) is 0 Å². The normalized spacial score (nSPS) is 11.6. The van der Waals surface area contributed by atoms with Crippen molar-refractivity contribution in [3.05, 3.63) is 83.4 Å². The number of rotatable bonds is 8. The van der Waals surface area contributed by atoms with E-state index in [9.17, 15) is 8.78 Å². The lowest BCUT2D eigenvalue weighted by Crippen LogP contribution is -1.97. The number of halogens is 2. The number of hydrogen-bond acceptors (Lipinski definition) is 0. The molecular formula is C26H28F2. The van der Waals surface area contributed by atoms with Crippen molar-refractivity contribution in [3.8, 4) is 11.1 Å². The third-order valence-electron chi connectivity index (χ3n) is 5.27. The van der Waals surface area contributed by atoms with E-state index in [1.54, 1.807) is 12.1 Å². The molecule has 2 heteroatoms. The summed E-state index contributed by atoms with van der Waals surface area (Å²) in [5, 5.41) is 1.11. The van der Waals surface area contributed by atoms with E-state index in [-0.39, 0.29) is 0 Å². The van der Waals surface area contributed by atoms with Gasteiger partial charge in [0.05, 0.1) is 0 Å². The molecule has 0 radical (unpaired) electrons. The van der Waals surface area contributed by atoms with Gasteiger partial charge in [0.2, 0.25) is 0 Å². The van der Waals surface area contributed by atoms with Gasteiger partial charge in [-0.2, -0.15) is 0 Å². The molecule has 0 bridgehead atoms. The van der Waals surface area contributed by atoms with Gasteiger partial charge >= 0.3 is 0 Å². The first-order chi connectivity index (χ1) is 13.6. The molecule has 0 aliphatic carbocycles. The Bertz CT molecular complexity index is 952. The Morgan fingerprint density at radius 1 is 0.821 bits per heavy atom. The largest absolute Gasteiger partial charge is 0.203 e. The second-order valence-corrected chi connectivity index (χ2v) is 7.36. The zero-order valence-corrected chi connectivity index (χ0v) is 16.8. The first-order valence-corrected chi connectivity index (χ1v) is 10.2. The molecule has 0 aromatic heterocycles. The standard InChI is InChI=1S/C26H28F2/c1-3-5-7-9-19-11-13-20(14-12-19)21-15-16-22-17-23(10-8-6-4-2)25(27)26(28)24(22)18-21/h3,5,11-18H,4,6-10H2,1-2H3/b5-3+. The highest BCUT2D eigenvalue weighted by Crippen LogP contribution is 2.30. The van der Waals surface area contributed by atoms with Gasteiger partial charge in [-0.1, -0.05) is 68.3 Å². The molecule has 3 aromatic carbocycles. The molecular weight excluding hydrogens is 350 g/mol. The lowest BCUT2D eigenvalue weighted by atomic mass is 9.96. The van der Waals surface area contributed by atoms with E-state index in [1.165, 1.54) is 5.56 Å². The molecule has 146 valence electrons. The van der Waals surface area contributed by atoms with E-state index < -0.39 is 11.6 Å². The summed E-state index contributed by atoms with van der Waals surface area (Å²) < 4.78 is 29.2. The van der Waals surface area contributed by atoms with Crippen LogP contribution in [0.1, 0.15) is 50.7 Å². The third-order valence-corrected chi connectivity index (χ3v) is 5.27. The quantitative estimate of drug-likeness (QED) is 0.275. The van der Waals surface area contributed by atoms with Crippen LogP contribution < -0.4 is 0 Å². The van der Waals surface area contributed by atoms with Crippen molar-refractivity contribution < 1.29 is 8.78 Å². The molecule has 0 saturated heterocycles. The number of hydrogen-bond donors (Lipinski definition) is 0. The van der Waals surface area contributed by atoms with Crippen LogP contribution in [0.2, 0.25) is 0 Å². The molecule has 0 aliphatic rings. The zero-order valence-electron chi connectivity index (χ0n) is 16.8. The molecule has 0 saturated carbocycles. The Morgan fingerprint density at radius 3 is 2.29 bits per heavy atom. The molecule has 28 heavy (non-hydrogen) atoms. The van der Waals surface area contributed by atoms with Crippen molar-refractivity contribution in [2.75, 3.05) is 0 Å². The van der Waals surface area contributed by atoms with Crippen molar-refractivity contribution in [1.29, 1.82) is 0 Å². The second kappa shape index (κ2) is 9.64. The maximum Gasteiger partial charge on any atom is 0.166 e. The Labute approximate surface area is 166 Å². The van der Waals surface area contributed by atoms with Gasteiger partial charge in [-0.15, -0.1) is 0 Å². The highest BCUT2D eigenvalue weighted by Gasteiger charge is 2.14. The summed E-state index contributed by atoms with van der Waals surface area (Å²) in [6, 6.07) is 15.8. The fourth-order valence-electron chi connectivity index (χ4n) is 3.59. The summed E-state index contributed by atoms with van der Waals surface area (Å²) >= 11 is 0. The highest BCUT2D eigenvalue weighted by molar-refractivity contribution is 5.88. The Hall–Kier alpha value is -2.48. The first kappa shape index (κ1) is 20.3. The summed E-state index contributed by atoms with van der Waals surface area (Å²) in [6.07, 6.45) is 9.81. The second-order valence-electron chi connectivity index (χ2n) is 7.36. The molecule has 0 aliphatic heterocycles. The maximum atomic E-state index is 14.7. The molecule has 0 nitrogen and oxygen atoms in total. The van der Waals surface area contributed by atoms with Crippen molar-refractivity contribution in [1.82, 2.24) is 0 Å². The van der Waals surface area contributed by atoms with Crippen LogP contribution in [0.3, 0.4) is 0 Å². The fourth-order valence-corrected chi connectivity index (χ4v) is 3.59. The van der Waals surface area contributed by atoms with E-state index in [0.29, 0.717) is 17.4 Å². The molecule has 0 amide bonds. The van der Waals surface area contributed by atoms with Gasteiger partial charge in [0.1, 0.15) is 0 Å². The summed E-state index contributed by atoms with van der Waals surface area (Å²) in [4.78, 5) is 0. The predicted molar refractivity (Wildman–Crippen MR) is 116 cm³/mol. The molecule has 0 N–H and O–H groups in total. The average Bonchev–Trinajstić information content (AvgIpc) is 2.72. The van der Waals surface area contributed by atoms with Gasteiger partial charge in [0, 0.05) is 5.39 Å². The third kappa shape index (κ3) is 4.67. The zero-order chi connectivity index (χ0) is 19.9. The number of allylic oxidation sites excluding steroid dienone is 2. The Morgan fingerprint density at radius 2 is 1.57 bits per heavy atom. The van der Waals surface area contributed by atoms with Gasteiger partial charge in [-0.3, -0.25) is 0 Å². The van der Waals surface area contributed by atoms with Crippen LogP contribution in [0.15, 0.2) is 60.7 Å². The lowest BCUT2D eigenvalue weighted by Gasteiger charge is -2.10. The molecule has 0 unspecified atom stereocenters. The van der Waals surface area contributed by atoms with Crippen LogP contribution in [0.5, 0.6) is 0 Å². The van der Waals surface area contributed by atoms with Crippen molar-refractivity contribution >= 4 is 10.8 Å². The summed E-state index contributed by atoms with van der Waals surface area (Å²) in [7, 11) is 0. The van der Waals surface area contributed by atoms with Gasteiger partial charge < -0.3 is 0 Å². The van der Waals surface area contributed by atoms with Crippen LogP contribution >= 0.6 is 0 Å². The van der Waals surface area contributed by atoms with E-state index in [2.05, 4.69) is 43.3 Å². The van der Waals surface area contributed by atoms with Crippen molar-refractivity contribution in [2.45, 2.75) is 52.4 Å². The van der Waals surface area contributed by atoms with Crippen LogP contribution in [0.25, 0.3) is 21.9 Å². The fraction of sp³-hybridized carbons (Fsp3) is 0.308. The minimum atomic E-state index is -0.728. The highest BCUT2D eigenvalue weighted by atomic mass is 19.2. The summed E-state index contributed by atoms with van der Waals surface area (Å²) in [5.41, 5.74) is 3.68. The van der Waals surface area contributed by atoms with Crippen LogP contribution in [0, 0.1) is 11.6 Å².